The van der Waals surface area contributed by atoms with Crippen LogP contribution in [-0.4, -0.2) is 57.5 Å². The molecule has 11 heteroatoms. The van der Waals surface area contributed by atoms with Crippen LogP contribution in [0.5, 0.6) is 0 Å². The third-order valence-electron chi connectivity index (χ3n) is 6.09. The molecule has 1 unspecified atom stereocenters. The summed E-state index contributed by atoms with van der Waals surface area (Å²) in [6.45, 7) is 3.69. The third kappa shape index (κ3) is 5.29. The second-order valence-corrected chi connectivity index (χ2v) is 9.94. The highest BCUT2D eigenvalue weighted by Gasteiger charge is 2.31. The molecule has 1 fully saturated rings. The van der Waals surface area contributed by atoms with E-state index in [1.807, 2.05) is 23.6 Å². The van der Waals surface area contributed by atoms with E-state index < -0.39 is 0 Å². The van der Waals surface area contributed by atoms with E-state index in [0.717, 1.165) is 29.0 Å². The number of anilines is 1. The Bertz CT molecular complexity index is 1230. The average Bonchev–Trinajstić information content (AvgIpc) is 3.49. The van der Waals surface area contributed by atoms with Crippen molar-refractivity contribution in [2.24, 2.45) is 0 Å². The van der Waals surface area contributed by atoms with Crippen molar-refractivity contribution < 1.29 is 14.3 Å². The Hall–Kier alpha value is -3.08. The number of nitrogens with zero attached hydrogens (tertiary/aromatic N) is 4. The Balaban J connectivity index is 1.36. The number of benzene rings is 1. The summed E-state index contributed by atoms with van der Waals surface area (Å²) in [6, 6.07) is 5.58. The lowest BCUT2D eigenvalue weighted by Crippen LogP contribution is -2.37. The molecule has 35 heavy (non-hydrogen) atoms. The van der Waals surface area contributed by atoms with Crippen LogP contribution in [0.25, 0.3) is 11.3 Å². The molecule has 0 aliphatic carbocycles. The van der Waals surface area contributed by atoms with Crippen LogP contribution in [0.1, 0.15) is 46.7 Å². The summed E-state index contributed by atoms with van der Waals surface area (Å²) in [7, 11) is 0. The van der Waals surface area contributed by atoms with E-state index in [2.05, 4.69) is 25.6 Å². The van der Waals surface area contributed by atoms with Gasteiger partial charge in [0, 0.05) is 62.0 Å². The fourth-order valence-corrected chi connectivity index (χ4v) is 5.26. The largest absolute Gasteiger partial charge is 0.381 e. The molecule has 1 saturated heterocycles. The highest BCUT2D eigenvalue weighted by Crippen LogP contribution is 2.32. The van der Waals surface area contributed by atoms with Gasteiger partial charge in [0.05, 0.1) is 23.0 Å². The highest BCUT2D eigenvalue weighted by molar-refractivity contribution is 7.09. The summed E-state index contributed by atoms with van der Waals surface area (Å²) < 4.78 is 5.41. The quantitative estimate of drug-likeness (QED) is 0.497. The number of halogens is 1. The van der Waals surface area contributed by atoms with Gasteiger partial charge in [0.15, 0.2) is 0 Å². The van der Waals surface area contributed by atoms with Crippen molar-refractivity contribution in [1.29, 1.82) is 0 Å². The van der Waals surface area contributed by atoms with Gasteiger partial charge >= 0.3 is 0 Å². The molecule has 2 aliphatic rings. The van der Waals surface area contributed by atoms with Crippen LogP contribution in [0.4, 0.5) is 5.95 Å². The minimum atomic E-state index is -0.361. The van der Waals surface area contributed by atoms with E-state index in [9.17, 15) is 9.59 Å². The predicted octanol–water partition coefficient (Wildman–Crippen LogP) is 3.68. The first-order valence-electron chi connectivity index (χ1n) is 11.4. The number of carbonyl (C=O) groups excluding carboxylic acids is 2. The molecule has 0 spiro atoms. The van der Waals surface area contributed by atoms with Crippen molar-refractivity contribution >= 4 is 40.7 Å². The maximum atomic E-state index is 13.3. The molecule has 2 aliphatic heterocycles. The first-order valence-corrected chi connectivity index (χ1v) is 12.7. The van der Waals surface area contributed by atoms with Gasteiger partial charge in [0.25, 0.3) is 5.91 Å². The Labute approximate surface area is 211 Å². The Morgan fingerprint density at radius 2 is 2.14 bits per heavy atom. The molecule has 1 aromatic carbocycles. The number of hydrogen-bond acceptors (Lipinski definition) is 8. The lowest BCUT2D eigenvalue weighted by atomic mass is 10.0. The van der Waals surface area contributed by atoms with Gasteiger partial charge in [-0.2, -0.15) is 0 Å². The van der Waals surface area contributed by atoms with Crippen molar-refractivity contribution in [2.45, 2.75) is 38.4 Å². The van der Waals surface area contributed by atoms with Crippen LogP contribution in [-0.2, 0) is 16.1 Å². The highest BCUT2D eigenvalue weighted by atomic mass is 35.5. The maximum absolute atomic E-state index is 13.3. The number of rotatable bonds is 7. The minimum Gasteiger partial charge on any atom is -0.381 e. The minimum absolute atomic E-state index is 0.0977. The molecule has 4 heterocycles. The fraction of sp³-hybridized carbons (Fsp3) is 0.375. The van der Waals surface area contributed by atoms with Crippen molar-refractivity contribution in [1.82, 2.24) is 25.2 Å². The van der Waals surface area contributed by atoms with E-state index in [-0.39, 0.29) is 23.9 Å². The summed E-state index contributed by atoms with van der Waals surface area (Å²) in [5.74, 6) is 0.242. The molecular formula is C24H25ClN6O3S. The first kappa shape index (κ1) is 23.7. The van der Waals surface area contributed by atoms with Gasteiger partial charge in [-0.1, -0.05) is 23.7 Å². The Kier molecular flexibility index (Phi) is 6.94. The molecule has 3 aromatic rings. The SMILES string of the molecule is CC(=O)NC(CN1Cc2ccc(-c3nc(NC4CCOCC4)ncc3Cl)cc2C1=O)c1nccs1. The van der Waals surface area contributed by atoms with Gasteiger partial charge in [-0.05, 0) is 24.5 Å². The number of ether oxygens (including phenoxy) is 1. The summed E-state index contributed by atoms with van der Waals surface area (Å²) in [4.78, 5) is 40.1. The van der Waals surface area contributed by atoms with E-state index in [4.69, 9.17) is 16.3 Å². The second-order valence-electron chi connectivity index (χ2n) is 8.60. The van der Waals surface area contributed by atoms with Crippen LogP contribution in [0.3, 0.4) is 0 Å². The van der Waals surface area contributed by atoms with Gasteiger partial charge in [0.1, 0.15) is 5.01 Å². The Morgan fingerprint density at radius 3 is 2.89 bits per heavy atom. The molecule has 182 valence electrons. The molecule has 0 radical (unpaired) electrons. The van der Waals surface area contributed by atoms with E-state index in [0.29, 0.717) is 48.5 Å². The number of aromatic nitrogens is 3. The third-order valence-corrected chi connectivity index (χ3v) is 7.26. The number of amides is 2. The normalized spacial score (nSPS) is 16.7. The molecular weight excluding hydrogens is 488 g/mol. The molecule has 0 saturated carbocycles. The van der Waals surface area contributed by atoms with Crippen LogP contribution in [0.2, 0.25) is 5.02 Å². The summed E-state index contributed by atoms with van der Waals surface area (Å²) in [5, 5.41) is 9.30. The lowest BCUT2D eigenvalue weighted by Gasteiger charge is -2.23. The van der Waals surface area contributed by atoms with Gasteiger partial charge in [-0.25, -0.2) is 15.0 Å². The van der Waals surface area contributed by atoms with E-state index in [1.165, 1.54) is 18.3 Å². The van der Waals surface area contributed by atoms with Crippen molar-refractivity contribution in [2.75, 3.05) is 25.1 Å². The number of thiazole rings is 1. The molecule has 0 bridgehead atoms. The smallest absolute Gasteiger partial charge is 0.254 e. The number of fused-ring (bicyclic) bond motifs is 1. The van der Waals surface area contributed by atoms with E-state index >= 15 is 0 Å². The lowest BCUT2D eigenvalue weighted by molar-refractivity contribution is -0.119. The molecule has 5 rings (SSSR count). The number of carbonyl (C=O) groups is 2. The second kappa shape index (κ2) is 10.3. The van der Waals surface area contributed by atoms with Crippen LogP contribution >= 0.6 is 22.9 Å². The zero-order valence-corrected chi connectivity index (χ0v) is 20.7. The standard InChI is InChI=1S/C24H25ClN6O3S/c1-14(32)28-20(22-26-6-9-35-22)13-31-12-16-3-2-15(10-18(16)23(31)33)21-19(25)11-27-24(30-21)29-17-4-7-34-8-5-17/h2-3,6,9-11,17,20H,4-5,7-8,12-13H2,1H3,(H,28,32)(H,27,29,30). The molecule has 9 nitrogen and oxygen atoms in total. The predicted molar refractivity (Wildman–Crippen MR) is 133 cm³/mol. The van der Waals surface area contributed by atoms with Crippen LogP contribution < -0.4 is 10.6 Å². The maximum Gasteiger partial charge on any atom is 0.254 e. The molecule has 2 amide bonds. The molecule has 2 N–H and O–H groups in total. The Morgan fingerprint density at radius 1 is 1.31 bits per heavy atom. The van der Waals surface area contributed by atoms with Crippen molar-refractivity contribution in [3.05, 3.63) is 57.1 Å². The summed E-state index contributed by atoms with van der Waals surface area (Å²) in [6.07, 6.45) is 5.06. The van der Waals surface area contributed by atoms with Crippen molar-refractivity contribution in [3.8, 4) is 11.3 Å². The molecule has 1 atom stereocenters. The van der Waals surface area contributed by atoms with Gasteiger partial charge in [0.2, 0.25) is 11.9 Å². The zero-order chi connectivity index (χ0) is 24.4. The number of hydrogen-bond donors (Lipinski definition) is 2. The van der Waals surface area contributed by atoms with Gasteiger partial charge in [-0.15, -0.1) is 11.3 Å². The molecule has 2 aromatic heterocycles. The summed E-state index contributed by atoms with van der Waals surface area (Å²) in [5.41, 5.74) is 2.85. The van der Waals surface area contributed by atoms with Crippen LogP contribution in [0, 0.1) is 0 Å². The monoisotopic (exact) mass is 512 g/mol. The number of nitrogens with one attached hydrogen (secondary N) is 2. The first-order chi connectivity index (χ1) is 17.0. The van der Waals surface area contributed by atoms with E-state index in [1.54, 1.807) is 17.3 Å². The van der Waals surface area contributed by atoms with Gasteiger partial charge in [-0.3, -0.25) is 9.59 Å². The topological polar surface area (TPSA) is 109 Å². The van der Waals surface area contributed by atoms with Crippen molar-refractivity contribution in [3.63, 3.8) is 0 Å². The average molecular weight is 513 g/mol. The van der Waals surface area contributed by atoms with Crippen LogP contribution in [0.15, 0.2) is 36.0 Å². The summed E-state index contributed by atoms with van der Waals surface area (Å²) >= 11 is 7.90. The fourth-order valence-electron chi connectivity index (χ4n) is 4.38. The van der Waals surface area contributed by atoms with Gasteiger partial charge < -0.3 is 20.3 Å². The zero-order valence-electron chi connectivity index (χ0n) is 19.2.